The first kappa shape index (κ1) is 15.6. The molecule has 0 spiro atoms. The maximum absolute atomic E-state index is 10.5. The topological polar surface area (TPSA) is 32.3 Å². The van der Waals surface area contributed by atoms with E-state index in [0.717, 1.165) is 10.0 Å². The number of aliphatic hydroxyl groups is 1. The second-order valence-electron chi connectivity index (χ2n) is 4.74. The van der Waals surface area contributed by atoms with Crippen LogP contribution in [0.2, 0.25) is 10.0 Å². The SMILES string of the molecule is CC(O)(CNc1c(Cl)cc(Br)cc1Cl)c1ccccc1. The Morgan fingerprint density at radius 3 is 2.25 bits per heavy atom. The zero-order valence-electron chi connectivity index (χ0n) is 10.8. The fraction of sp³-hybridized carbons (Fsp3) is 0.200. The van der Waals surface area contributed by atoms with Gasteiger partial charge in [0.2, 0.25) is 0 Å². The maximum atomic E-state index is 10.5. The summed E-state index contributed by atoms with van der Waals surface area (Å²) in [6.45, 7) is 2.05. The first-order chi connectivity index (χ1) is 9.40. The molecule has 20 heavy (non-hydrogen) atoms. The highest BCUT2D eigenvalue weighted by Crippen LogP contribution is 2.34. The molecule has 0 saturated carbocycles. The molecule has 106 valence electrons. The van der Waals surface area contributed by atoms with Crippen LogP contribution in [0, 0.1) is 0 Å². The van der Waals surface area contributed by atoms with E-state index in [9.17, 15) is 5.11 Å². The van der Waals surface area contributed by atoms with E-state index >= 15 is 0 Å². The van der Waals surface area contributed by atoms with E-state index < -0.39 is 5.60 Å². The predicted octanol–water partition coefficient (Wildman–Crippen LogP) is 5.08. The molecule has 0 aliphatic rings. The van der Waals surface area contributed by atoms with Crippen LogP contribution in [0.1, 0.15) is 12.5 Å². The first-order valence-corrected chi connectivity index (χ1v) is 7.61. The molecule has 2 rings (SSSR count). The number of benzene rings is 2. The monoisotopic (exact) mass is 373 g/mol. The largest absolute Gasteiger partial charge is 0.384 e. The molecular weight excluding hydrogens is 361 g/mol. The van der Waals surface area contributed by atoms with E-state index in [0.29, 0.717) is 22.3 Å². The standard InChI is InChI=1S/C15H14BrCl2NO/c1-15(20,10-5-3-2-4-6-10)9-19-14-12(17)7-11(16)8-13(14)18/h2-8,19-20H,9H2,1H3. The smallest absolute Gasteiger partial charge is 0.104 e. The molecule has 1 atom stereocenters. The van der Waals surface area contributed by atoms with Crippen LogP contribution in [0.15, 0.2) is 46.9 Å². The molecule has 2 aromatic rings. The van der Waals surface area contributed by atoms with Crippen LogP contribution >= 0.6 is 39.1 Å². The zero-order chi connectivity index (χ0) is 14.8. The summed E-state index contributed by atoms with van der Waals surface area (Å²) in [7, 11) is 0. The van der Waals surface area contributed by atoms with Crippen LogP contribution in [-0.2, 0) is 5.60 Å². The Morgan fingerprint density at radius 1 is 1.15 bits per heavy atom. The molecule has 0 amide bonds. The van der Waals surface area contributed by atoms with E-state index in [1.54, 1.807) is 19.1 Å². The van der Waals surface area contributed by atoms with Gasteiger partial charge in [0.15, 0.2) is 0 Å². The van der Waals surface area contributed by atoms with E-state index in [1.165, 1.54) is 0 Å². The van der Waals surface area contributed by atoms with Crippen molar-refractivity contribution in [1.82, 2.24) is 0 Å². The van der Waals surface area contributed by atoms with E-state index in [-0.39, 0.29) is 0 Å². The molecule has 5 heteroatoms. The molecule has 0 aromatic heterocycles. The minimum atomic E-state index is -1.01. The van der Waals surface area contributed by atoms with Crippen molar-refractivity contribution in [3.05, 3.63) is 62.5 Å². The van der Waals surface area contributed by atoms with Gasteiger partial charge in [0, 0.05) is 11.0 Å². The minimum Gasteiger partial charge on any atom is -0.384 e. The number of hydrogen-bond donors (Lipinski definition) is 2. The Morgan fingerprint density at radius 2 is 1.70 bits per heavy atom. The van der Waals surface area contributed by atoms with Crippen molar-refractivity contribution in [2.24, 2.45) is 0 Å². The van der Waals surface area contributed by atoms with Crippen LogP contribution in [-0.4, -0.2) is 11.7 Å². The fourth-order valence-electron chi connectivity index (χ4n) is 1.87. The lowest BCUT2D eigenvalue weighted by Crippen LogP contribution is -2.30. The van der Waals surface area contributed by atoms with Gasteiger partial charge in [-0.15, -0.1) is 0 Å². The van der Waals surface area contributed by atoms with Gasteiger partial charge >= 0.3 is 0 Å². The Kier molecular flexibility index (Phi) is 4.97. The quantitative estimate of drug-likeness (QED) is 0.782. The third-order valence-electron chi connectivity index (χ3n) is 3.01. The van der Waals surface area contributed by atoms with Crippen LogP contribution in [0.4, 0.5) is 5.69 Å². The second kappa shape index (κ2) is 6.35. The molecule has 0 radical (unpaired) electrons. The third kappa shape index (κ3) is 3.67. The normalized spacial score (nSPS) is 13.8. The van der Waals surface area contributed by atoms with Crippen molar-refractivity contribution >= 4 is 44.8 Å². The van der Waals surface area contributed by atoms with Gasteiger partial charge in [-0.25, -0.2) is 0 Å². The number of rotatable bonds is 4. The lowest BCUT2D eigenvalue weighted by Gasteiger charge is -2.25. The third-order valence-corrected chi connectivity index (χ3v) is 4.07. The first-order valence-electron chi connectivity index (χ1n) is 6.06. The summed E-state index contributed by atoms with van der Waals surface area (Å²) in [6, 6.07) is 13.0. The highest BCUT2D eigenvalue weighted by atomic mass is 79.9. The summed E-state index contributed by atoms with van der Waals surface area (Å²) < 4.78 is 0.813. The van der Waals surface area contributed by atoms with Crippen LogP contribution in [0.25, 0.3) is 0 Å². The van der Waals surface area contributed by atoms with Crippen LogP contribution in [0.3, 0.4) is 0 Å². The summed E-state index contributed by atoms with van der Waals surface area (Å²) in [5.74, 6) is 0. The maximum Gasteiger partial charge on any atom is 0.104 e. The molecule has 2 nitrogen and oxygen atoms in total. The summed E-state index contributed by atoms with van der Waals surface area (Å²) in [5, 5.41) is 14.7. The number of hydrogen-bond acceptors (Lipinski definition) is 2. The van der Waals surface area contributed by atoms with E-state index in [1.807, 2.05) is 30.3 Å². The average molecular weight is 375 g/mol. The predicted molar refractivity (Wildman–Crippen MR) is 88.7 cm³/mol. The minimum absolute atomic E-state index is 0.304. The fourth-order valence-corrected chi connectivity index (χ4v) is 3.21. The van der Waals surface area contributed by atoms with Crippen molar-refractivity contribution in [2.75, 3.05) is 11.9 Å². The molecule has 1 unspecified atom stereocenters. The molecule has 0 saturated heterocycles. The average Bonchev–Trinajstić information content (AvgIpc) is 2.38. The van der Waals surface area contributed by atoms with Crippen LogP contribution < -0.4 is 5.32 Å². The number of nitrogens with one attached hydrogen (secondary N) is 1. The molecule has 2 N–H and O–H groups in total. The zero-order valence-corrected chi connectivity index (χ0v) is 13.9. The molecule has 0 fully saturated rings. The van der Waals surface area contributed by atoms with Crippen LogP contribution in [0.5, 0.6) is 0 Å². The van der Waals surface area contributed by atoms with Gasteiger partial charge in [0.1, 0.15) is 5.60 Å². The van der Waals surface area contributed by atoms with Gasteiger partial charge < -0.3 is 10.4 Å². The summed E-state index contributed by atoms with van der Waals surface area (Å²) in [5.41, 5.74) is 0.436. The lowest BCUT2D eigenvalue weighted by molar-refractivity contribution is 0.0715. The lowest BCUT2D eigenvalue weighted by atomic mass is 9.96. The van der Waals surface area contributed by atoms with Gasteiger partial charge in [-0.3, -0.25) is 0 Å². The Bertz CT molecular complexity index is 579. The Labute approximate surface area is 136 Å². The van der Waals surface area contributed by atoms with Gasteiger partial charge in [0.05, 0.1) is 15.7 Å². The van der Waals surface area contributed by atoms with Crippen molar-refractivity contribution < 1.29 is 5.11 Å². The van der Waals surface area contributed by atoms with Gasteiger partial charge in [-0.05, 0) is 24.6 Å². The highest BCUT2D eigenvalue weighted by molar-refractivity contribution is 9.10. The summed E-state index contributed by atoms with van der Waals surface area (Å²) in [4.78, 5) is 0. The van der Waals surface area contributed by atoms with Gasteiger partial charge in [-0.2, -0.15) is 0 Å². The van der Waals surface area contributed by atoms with Crippen molar-refractivity contribution in [2.45, 2.75) is 12.5 Å². The van der Waals surface area contributed by atoms with Crippen molar-refractivity contribution in [3.63, 3.8) is 0 Å². The van der Waals surface area contributed by atoms with Crippen molar-refractivity contribution in [1.29, 1.82) is 0 Å². The van der Waals surface area contributed by atoms with Gasteiger partial charge in [-0.1, -0.05) is 69.5 Å². The number of halogens is 3. The molecule has 0 heterocycles. The van der Waals surface area contributed by atoms with Crippen molar-refractivity contribution in [3.8, 4) is 0 Å². The number of anilines is 1. The molecule has 0 aliphatic heterocycles. The second-order valence-corrected chi connectivity index (χ2v) is 6.47. The Balaban J connectivity index is 2.17. The Hall–Kier alpha value is -0.740. The van der Waals surface area contributed by atoms with Gasteiger partial charge in [0.25, 0.3) is 0 Å². The highest BCUT2D eigenvalue weighted by Gasteiger charge is 2.23. The molecule has 0 bridgehead atoms. The summed E-state index contributed by atoms with van der Waals surface area (Å²) >= 11 is 15.6. The molecule has 0 aliphatic carbocycles. The molecular formula is C15H14BrCl2NO. The van der Waals surface area contributed by atoms with E-state index in [2.05, 4.69) is 21.2 Å². The van der Waals surface area contributed by atoms with E-state index in [4.69, 9.17) is 23.2 Å². The molecule has 2 aromatic carbocycles. The summed E-state index contributed by atoms with van der Waals surface area (Å²) in [6.07, 6.45) is 0.